The molecule has 0 bridgehead atoms. The molecule has 1 aliphatic rings. The lowest BCUT2D eigenvalue weighted by atomic mass is 10.0. The molecule has 0 saturated carbocycles. The van der Waals surface area contributed by atoms with E-state index in [1.807, 2.05) is 6.07 Å². The highest BCUT2D eigenvalue weighted by atomic mass is 16.1. The van der Waals surface area contributed by atoms with Crippen molar-refractivity contribution in [2.45, 2.75) is 32.2 Å². The molecule has 132 valence electrons. The van der Waals surface area contributed by atoms with Gasteiger partial charge in [0.2, 0.25) is 5.95 Å². The zero-order chi connectivity index (χ0) is 17.5. The Labute approximate surface area is 147 Å². The molecule has 7 nitrogen and oxygen atoms in total. The number of anilines is 2. The second-order valence-corrected chi connectivity index (χ2v) is 6.20. The van der Waals surface area contributed by atoms with Crippen molar-refractivity contribution < 1.29 is 4.79 Å². The number of aromatic nitrogens is 3. The lowest BCUT2D eigenvalue weighted by Crippen LogP contribution is -2.38. The number of nitrogens with one attached hydrogen (secondary N) is 2. The Hall–Kier alpha value is -2.70. The van der Waals surface area contributed by atoms with Gasteiger partial charge in [0, 0.05) is 49.8 Å². The minimum absolute atomic E-state index is 0.0934. The molecule has 2 aromatic heterocycles. The van der Waals surface area contributed by atoms with Gasteiger partial charge in [0.25, 0.3) is 5.91 Å². The molecule has 3 rings (SSSR count). The van der Waals surface area contributed by atoms with Gasteiger partial charge in [0.15, 0.2) is 0 Å². The fraction of sp³-hybridized carbons (Fsp3) is 0.444. The molecule has 0 aromatic carbocycles. The molecule has 2 aromatic rings. The van der Waals surface area contributed by atoms with Gasteiger partial charge in [-0.1, -0.05) is 0 Å². The Morgan fingerprint density at radius 3 is 2.84 bits per heavy atom. The molecule has 3 heterocycles. The Bertz CT molecular complexity index is 693. The molecule has 1 unspecified atom stereocenters. The molecule has 1 aliphatic heterocycles. The molecule has 0 aliphatic carbocycles. The van der Waals surface area contributed by atoms with E-state index in [1.165, 1.54) is 19.3 Å². The smallest absolute Gasteiger partial charge is 0.251 e. The van der Waals surface area contributed by atoms with Gasteiger partial charge in [0.1, 0.15) is 5.82 Å². The monoisotopic (exact) mass is 340 g/mol. The first-order valence-corrected chi connectivity index (χ1v) is 8.76. The highest BCUT2D eigenvalue weighted by molar-refractivity contribution is 5.94. The third-order valence-electron chi connectivity index (χ3n) is 4.36. The summed E-state index contributed by atoms with van der Waals surface area (Å²) >= 11 is 0. The Morgan fingerprint density at radius 1 is 1.20 bits per heavy atom. The van der Waals surface area contributed by atoms with Crippen LogP contribution in [0.1, 0.15) is 36.5 Å². The minimum Gasteiger partial charge on any atom is -0.354 e. The van der Waals surface area contributed by atoms with E-state index in [-0.39, 0.29) is 5.91 Å². The van der Waals surface area contributed by atoms with E-state index >= 15 is 0 Å². The average molecular weight is 340 g/mol. The SMILES string of the molecule is CC1CCCCN1c1cc(C(=O)NCCNc2ncccn2)ccn1. The van der Waals surface area contributed by atoms with Gasteiger partial charge in [-0.25, -0.2) is 15.0 Å². The number of hydrogen-bond acceptors (Lipinski definition) is 6. The van der Waals surface area contributed by atoms with E-state index in [0.29, 0.717) is 30.6 Å². The summed E-state index contributed by atoms with van der Waals surface area (Å²) < 4.78 is 0. The number of carbonyl (C=O) groups excluding carboxylic acids is 1. The molecule has 0 spiro atoms. The van der Waals surface area contributed by atoms with Crippen LogP contribution >= 0.6 is 0 Å². The molecule has 7 heteroatoms. The highest BCUT2D eigenvalue weighted by Crippen LogP contribution is 2.23. The highest BCUT2D eigenvalue weighted by Gasteiger charge is 2.20. The molecule has 25 heavy (non-hydrogen) atoms. The average Bonchev–Trinajstić information content (AvgIpc) is 2.66. The molecule has 1 atom stereocenters. The predicted molar refractivity (Wildman–Crippen MR) is 97.8 cm³/mol. The number of nitrogens with zero attached hydrogens (tertiary/aromatic N) is 4. The number of amides is 1. The second-order valence-electron chi connectivity index (χ2n) is 6.20. The molecule has 1 amide bonds. The summed E-state index contributed by atoms with van der Waals surface area (Å²) in [7, 11) is 0. The van der Waals surface area contributed by atoms with Crippen molar-refractivity contribution in [3.63, 3.8) is 0 Å². The van der Waals surface area contributed by atoms with Gasteiger partial charge >= 0.3 is 0 Å². The summed E-state index contributed by atoms with van der Waals surface area (Å²) in [6, 6.07) is 5.86. The molecule has 1 fully saturated rings. The maximum Gasteiger partial charge on any atom is 0.251 e. The molecular weight excluding hydrogens is 316 g/mol. The number of hydrogen-bond donors (Lipinski definition) is 2. The third-order valence-corrected chi connectivity index (χ3v) is 4.36. The van der Waals surface area contributed by atoms with Gasteiger partial charge in [-0.15, -0.1) is 0 Å². The van der Waals surface area contributed by atoms with E-state index in [1.54, 1.807) is 30.7 Å². The van der Waals surface area contributed by atoms with Crippen LogP contribution in [0, 0.1) is 0 Å². The van der Waals surface area contributed by atoms with Gasteiger partial charge in [0.05, 0.1) is 0 Å². The lowest BCUT2D eigenvalue weighted by molar-refractivity contribution is 0.0955. The minimum atomic E-state index is -0.0934. The summed E-state index contributed by atoms with van der Waals surface area (Å²) in [6.07, 6.45) is 8.67. The first kappa shape index (κ1) is 17.1. The van der Waals surface area contributed by atoms with Gasteiger partial charge in [-0.2, -0.15) is 0 Å². The van der Waals surface area contributed by atoms with Crippen molar-refractivity contribution in [2.24, 2.45) is 0 Å². The second kappa shape index (κ2) is 8.41. The molecule has 0 radical (unpaired) electrons. The van der Waals surface area contributed by atoms with Crippen LogP contribution in [-0.2, 0) is 0 Å². The van der Waals surface area contributed by atoms with Crippen molar-refractivity contribution in [1.82, 2.24) is 20.3 Å². The lowest BCUT2D eigenvalue weighted by Gasteiger charge is -2.34. The zero-order valence-corrected chi connectivity index (χ0v) is 14.5. The van der Waals surface area contributed by atoms with Gasteiger partial charge in [-0.05, 0) is 44.4 Å². The van der Waals surface area contributed by atoms with Crippen molar-refractivity contribution in [3.8, 4) is 0 Å². The van der Waals surface area contributed by atoms with E-state index in [0.717, 1.165) is 12.4 Å². The van der Waals surface area contributed by atoms with Crippen LogP contribution in [0.25, 0.3) is 0 Å². The van der Waals surface area contributed by atoms with E-state index < -0.39 is 0 Å². The first-order chi connectivity index (χ1) is 12.2. The predicted octanol–water partition coefficient (Wildman–Crippen LogP) is 2.09. The van der Waals surface area contributed by atoms with Crippen molar-refractivity contribution in [3.05, 3.63) is 42.4 Å². The first-order valence-electron chi connectivity index (χ1n) is 8.76. The fourth-order valence-corrected chi connectivity index (χ4v) is 3.00. The molecule has 1 saturated heterocycles. The van der Waals surface area contributed by atoms with Crippen LogP contribution in [0.5, 0.6) is 0 Å². The summed E-state index contributed by atoms with van der Waals surface area (Å²) in [5.74, 6) is 1.35. The van der Waals surface area contributed by atoms with Crippen LogP contribution in [0.3, 0.4) is 0 Å². The number of carbonyl (C=O) groups is 1. The van der Waals surface area contributed by atoms with Gasteiger partial charge < -0.3 is 15.5 Å². The van der Waals surface area contributed by atoms with Crippen LogP contribution in [0.2, 0.25) is 0 Å². The van der Waals surface area contributed by atoms with E-state index in [4.69, 9.17) is 0 Å². The van der Waals surface area contributed by atoms with E-state index in [2.05, 4.69) is 37.4 Å². The number of rotatable bonds is 6. The topological polar surface area (TPSA) is 83.0 Å². The number of pyridine rings is 1. The van der Waals surface area contributed by atoms with Crippen molar-refractivity contribution in [1.29, 1.82) is 0 Å². The van der Waals surface area contributed by atoms with Gasteiger partial charge in [-0.3, -0.25) is 4.79 Å². The molecule has 2 N–H and O–H groups in total. The van der Waals surface area contributed by atoms with Crippen molar-refractivity contribution in [2.75, 3.05) is 29.9 Å². The van der Waals surface area contributed by atoms with Crippen LogP contribution in [0.15, 0.2) is 36.8 Å². The largest absolute Gasteiger partial charge is 0.354 e. The summed E-state index contributed by atoms with van der Waals surface area (Å²) in [5, 5.41) is 5.97. The Kier molecular flexibility index (Phi) is 5.77. The number of piperidine rings is 1. The van der Waals surface area contributed by atoms with Crippen LogP contribution in [-0.4, -0.2) is 46.5 Å². The van der Waals surface area contributed by atoms with Crippen molar-refractivity contribution >= 4 is 17.7 Å². The Morgan fingerprint density at radius 2 is 2.04 bits per heavy atom. The quantitative estimate of drug-likeness (QED) is 0.784. The Balaban J connectivity index is 1.52. The third kappa shape index (κ3) is 4.65. The maximum atomic E-state index is 12.4. The van der Waals surface area contributed by atoms with E-state index in [9.17, 15) is 4.79 Å². The zero-order valence-electron chi connectivity index (χ0n) is 14.5. The summed E-state index contributed by atoms with van der Waals surface area (Å²) in [4.78, 5) is 27.2. The van der Waals surface area contributed by atoms with Crippen LogP contribution < -0.4 is 15.5 Å². The molecular formula is C18H24N6O. The standard InChI is InChI=1S/C18H24N6O/c1-14-5-2-3-12-24(14)16-13-15(6-9-19-16)17(25)20-10-11-23-18-21-7-4-8-22-18/h4,6-9,13-14H,2-3,5,10-12H2,1H3,(H,20,25)(H,21,22,23). The van der Waals surface area contributed by atoms with Crippen LogP contribution in [0.4, 0.5) is 11.8 Å². The summed E-state index contributed by atoms with van der Waals surface area (Å²) in [5.41, 5.74) is 0.638. The normalized spacial score (nSPS) is 17.2. The fourth-order valence-electron chi connectivity index (χ4n) is 3.00. The maximum absolute atomic E-state index is 12.4. The summed E-state index contributed by atoms with van der Waals surface area (Å²) in [6.45, 7) is 4.27.